The number of halogens is 1. The van der Waals surface area contributed by atoms with Gasteiger partial charge in [-0.1, -0.05) is 27.7 Å². The second kappa shape index (κ2) is 8.80. The van der Waals surface area contributed by atoms with Gasteiger partial charge in [-0.25, -0.2) is 0 Å². The molecule has 19 heavy (non-hydrogen) atoms. The van der Waals surface area contributed by atoms with E-state index in [1.165, 1.54) is 6.42 Å². The van der Waals surface area contributed by atoms with Gasteiger partial charge in [0.2, 0.25) is 5.91 Å². The molecule has 3 nitrogen and oxygen atoms in total. The molecule has 2 N–H and O–H groups in total. The largest absolute Gasteiger partial charge is 0.341 e. The summed E-state index contributed by atoms with van der Waals surface area (Å²) in [6, 6.07) is -0.305. The van der Waals surface area contributed by atoms with Crippen LogP contribution in [0, 0.1) is 17.8 Å². The first-order chi connectivity index (χ1) is 8.41. The second-order valence-electron chi connectivity index (χ2n) is 6.50. The topological polar surface area (TPSA) is 46.3 Å². The minimum atomic E-state index is -0.305. The van der Waals surface area contributed by atoms with Crippen LogP contribution < -0.4 is 5.73 Å². The van der Waals surface area contributed by atoms with E-state index in [1.54, 1.807) is 0 Å². The summed E-state index contributed by atoms with van der Waals surface area (Å²) in [5.74, 6) is 2.14. The number of hydrogen-bond donors (Lipinski definition) is 1. The Morgan fingerprint density at radius 1 is 1.21 bits per heavy atom. The van der Waals surface area contributed by atoms with Crippen LogP contribution in [0.3, 0.4) is 0 Å². The SMILES string of the molecule is CC(C)C[C@H](N)C(=O)N1CCCC(C(C)C)CC1.Cl. The maximum absolute atomic E-state index is 12.3. The van der Waals surface area contributed by atoms with Crippen LogP contribution in [0.4, 0.5) is 0 Å². The van der Waals surface area contributed by atoms with Gasteiger partial charge in [0, 0.05) is 13.1 Å². The van der Waals surface area contributed by atoms with Gasteiger partial charge in [0.15, 0.2) is 0 Å². The van der Waals surface area contributed by atoms with E-state index in [-0.39, 0.29) is 24.4 Å². The van der Waals surface area contributed by atoms with Gasteiger partial charge in [-0.15, -0.1) is 12.4 Å². The molecule has 0 aliphatic carbocycles. The van der Waals surface area contributed by atoms with Gasteiger partial charge in [-0.3, -0.25) is 4.79 Å². The van der Waals surface area contributed by atoms with Crippen LogP contribution in [-0.4, -0.2) is 29.9 Å². The van der Waals surface area contributed by atoms with E-state index >= 15 is 0 Å². The Labute approximate surface area is 124 Å². The summed E-state index contributed by atoms with van der Waals surface area (Å²) < 4.78 is 0. The lowest BCUT2D eigenvalue weighted by Gasteiger charge is -2.25. The third-order valence-corrected chi connectivity index (χ3v) is 4.07. The molecular weight excluding hydrogens is 260 g/mol. The van der Waals surface area contributed by atoms with Crippen LogP contribution in [0.5, 0.6) is 0 Å². The average Bonchev–Trinajstić information content (AvgIpc) is 2.52. The summed E-state index contributed by atoms with van der Waals surface area (Å²) in [6.45, 7) is 10.6. The number of rotatable bonds is 4. The molecule has 1 unspecified atom stereocenters. The highest BCUT2D eigenvalue weighted by Gasteiger charge is 2.25. The molecule has 1 fully saturated rings. The smallest absolute Gasteiger partial charge is 0.239 e. The molecule has 1 saturated heterocycles. The van der Waals surface area contributed by atoms with Crippen molar-refractivity contribution in [3.05, 3.63) is 0 Å². The number of amides is 1. The van der Waals surface area contributed by atoms with E-state index in [0.29, 0.717) is 5.92 Å². The van der Waals surface area contributed by atoms with E-state index in [2.05, 4.69) is 27.7 Å². The summed E-state index contributed by atoms with van der Waals surface area (Å²) in [5.41, 5.74) is 6.00. The number of hydrogen-bond acceptors (Lipinski definition) is 2. The van der Waals surface area contributed by atoms with Gasteiger partial charge in [0.25, 0.3) is 0 Å². The lowest BCUT2D eigenvalue weighted by atomic mass is 9.89. The minimum absolute atomic E-state index is 0. The van der Waals surface area contributed by atoms with Gasteiger partial charge < -0.3 is 10.6 Å². The van der Waals surface area contributed by atoms with E-state index in [9.17, 15) is 4.79 Å². The fourth-order valence-electron chi connectivity index (χ4n) is 2.85. The first kappa shape index (κ1) is 18.7. The lowest BCUT2D eigenvalue weighted by molar-refractivity contribution is -0.132. The Bertz CT molecular complexity index is 269. The molecule has 0 bridgehead atoms. The van der Waals surface area contributed by atoms with E-state index < -0.39 is 0 Å². The zero-order chi connectivity index (χ0) is 13.7. The van der Waals surface area contributed by atoms with Gasteiger partial charge in [-0.2, -0.15) is 0 Å². The number of nitrogens with zero attached hydrogens (tertiary/aromatic N) is 1. The van der Waals surface area contributed by atoms with Crippen LogP contribution in [0.2, 0.25) is 0 Å². The molecule has 4 heteroatoms. The quantitative estimate of drug-likeness (QED) is 0.865. The van der Waals surface area contributed by atoms with Gasteiger partial charge >= 0.3 is 0 Å². The van der Waals surface area contributed by atoms with Gasteiger partial charge in [0.05, 0.1) is 6.04 Å². The second-order valence-corrected chi connectivity index (χ2v) is 6.50. The van der Waals surface area contributed by atoms with Crippen LogP contribution in [-0.2, 0) is 4.79 Å². The molecule has 0 radical (unpaired) electrons. The normalized spacial score (nSPS) is 22.1. The molecule has 1 aliphatic heterocycles. The van der Waals surface area contributed by atoms with E-state index in [1.807, 2.05) is 4.90 Å². The summed E-state index contributed by atoms with van der Waals surface area (Å²) in [5, 5.41) is 0. The molecule has 1 rings (SSSR count). The van der Waals surface area contributed by atoms with Crippen molar-refractivity contribution in [2.45, 2.75) is 59.4 Å². The lowest BCUT2D eigenvalue weighted by Crippen LogP contribution is -2.44. The molecule has 0 aromatic carbocycles. The summed E-state index contributed by atoms with van der Waals surface area (Å²) in [6.07, 6.45) is 4.31. The Balaban J connectivity index is 0.00000324. The van der Waals surface area contributed by atoms with E-state index in [4.69, 9.17) is 5.73 Å². The molecule has 114 valence electrons. The third-order valence-electron chi connectivity index (χ3n) is 4.07. The molecule has 2 atom stereocenters. The molecule has 0 spiro atoms. The highest BCUT2D eigenvalue weighted by Crippen LogP contribution is 2.24. The zero-order valence-electron chi connectivity index (χ0n) is 12.9. The van der Waals surface area contributed by atoms with Crippen molar-refractivity contribution in [2.24, 2.45) is 23.5 Å². The summed E-state index contributed by atoms with van der Waals surface area (Å²) >= 11 is 0. The van der Waals surface area contributed by atoms with Crippen molar-refractivity contribution in [1.29, 1.82) is 0 Å². The molecule has 0 saturated carbocycles. The summed E-state index contributed by atoms with van der Waals surface area (Å²) in [4.78, 5) is 14.3. The summed E-state index contributed by atoms with van der Waals surface area (Å²) in [7, 11) is 0. The highest BCUT2D eigenvalue weighted by molar-refractivity contribution is 5.85. The monoisotopic (exact) mass is 290 g/mol. The van der Waals surface area contributed by atoms with Crippen molar-refractivity contribution in [1.82, 2.24) is 4.90 Å². The molecular formula is C15H31ClN2O. The highest BCUT2D eigenvalue weighted by atomic mass is 35.5. The fourth-order valence-corrected chi connectivity index (χ4v) is 2.85. The number of nitrogens with two attached hydrogens (primary N) is 1. The van der Waals surface area contributed by atoms with Gasteiger partial charge in [-0.05, 0) is 43.4 Å². The maximum atomic E-state index is 12.3. The Kier molecular flexibility index (Phi) is 8.67. The first-order valence-corrected chi connectivity index (χ1v) is 7.46. The molecule has 1 aliphatic rings. The fraction of sp³-hybridized carbons (Fsp3) is 0.933. The molecule has 0 aromatic rings. The van der Waals surface area contributed by atoms with Crippen LogP contribution in [0.25, 0.3) is 0 Å². The molecule has 1 heterocycles. The van der Waals surface area contributed by atoms with E-state index in [0.717, 1.165) is 44.2 Å². The third kappa shape index (κ3) is 6.13. The molecule has 1 amide bonds. The number of likely N-dealkylation sites (tertiary alicyclic amines) is 1. The minimum Gasteiger partial charge on any atom is -0.341 e. The van der Waals surface area contributed by atoms with Crippen molar-refractivity contribution < 1.29 is 4.79 Å². The van der Waals surface area contributed by atoms with Crippen LogP contribution >= 0.6 is 12.4 Å². The van der Waals surface area contributed by atoms with Crippen molar-refractivity contribution in [2.75, 3.05) is 13.1 Å². The van der Waals surface area contributed by atoms with Crippen molar-refractivity contribution in [3.63, 3.8) is 0 Å². The number of carbonyl (C=O) groups excluding carboxylic acids is 1. The maximum Gasteiger partial charge on any atom is 0.239 e. The Morgan fingerprint density at radius 2 is 1.84 bits per heavy atom. The predicted molar refractivity (Wildman–Crippen MR) is 83.4 cm³/mol. The number of carbonyl (C=O) groups is 1. The van der Waals surface area contributed by atoms with Crippen LogP contribution in [0.1, 0.15) is 53.4 Å². The zero-order valence-corrected chi connectivity index (χ0v) is 13.7. The predicted octanol–water partition coefficient (Wildman–Crippen LogP) is 3.07. The van der Waals surface area contributed by atoms with Gasteiger partial charge in [0.1, 0.15) is 0 Å². The Hall–Kier alpha value is -0.280. The first-order valence-electron chi connectivity index (χ1n) is 7.46. The molecule has 0 aromatic heterocycles. The van der Waals surface area contributed by atoms with Crippen molar-refractivity contribution in [3.8, 4) is 0 Å². The van der Waals surface area contributed by atoms with Crippen LogP contribution in [0.15, 0.2) is 0 Å². The Morgan fingerprint density at radius 3 is 2.37 bits per heavy atom. The van der Waals surface area contributed by atoms with Crippen molar-refractivity contribution >= 4 is 18.3 Å². The average molecular weight is 291 g/mol. The standard InChI is InChI=1S/C15H30N2O.ClH/c1-11(2)10-14(16)15(18)17-8-5-6-13(7-9-17)12(3)4;/h11-14H,5-10,16H2,1-4H3;1H/t13?,14-;/m0./s1.